The maximum atomic E-state index is 12.8. The minimum atomic E-state index is -1.20. The number of aliphatic hydroxyl groups is 4. The Hall–Kier alpha value is -0.950. The van der Waals surface area contributed by atoms with Crippen LogP contribution < -0.4 is 0 Å². The van der Waals surface area contributed by atoms with Crippen LogP contribution in [0.3, 0.4) is 0 Å². The van der Waals surface area contributed by atoms with Crippen molar-refractivity contribution in [2.45, 2.75) is 117 Å². The van der Waals surface area contributed by atoms with E-state index in [1.165, 1.54) is 0 Å². The zero-order valence-corrected chi connectivity index (χ0v) is 23.2. The van der Waals surface area contributed by atoms with Crippen LogP contribution in [0, 0.1) is 50.7 Å². The summed E-state index contributed by atoms with van der Waals surface area (Å²) >= 11 is 0. The zero-order valence-electron chi connectivity index (χ0n) is 23.2. The molecule has 0 aromatic carbocycles. The molecule has 0 bridgehead atoms. The highest BCUT2D eigenvalue weighted by atomic mass is 16.4. The van der Waals surface area contributed by atoms with Gasteiger partial charge in [-0.3, -0.25) is 4.79 Å². The van der Waals surface area contributed by atoms with Gasteiger partial charge in [0.15, 0.2) is 0 Å². The molecular formula is C30H48O6. The molecule has 0 heterocycles. The third kappa shape index (κ3) is 2.80. The van der Waals surface area contributed by atoms with E-state index in [4.69, 9.17) is 0 Å². The number of hydrogen-bond acceptors (Lipinski definition) is 5. The number of allylic oxidation sites excluding steroid dienone is 1. The average molecular weight is 505 g/mol. The smallest absolute Gasteiger partial charge is 0.310 e. The van der Waals surface area contributed by atoms with Crippen LogP contribution in [0.15, 0.2) is 11.6 Å². The van der Waals surface area contributed by atoms with Crippen molar-refractivity contribution in [2.24, 2.45) is 50.7 Å². The third-order valence-electron chi connectivity index (χ3n) is 13.6. The molecule has 6 nitrogen and oxygen atoms in total. The number of carboxylic acid groups (broad SMARTS) is 1. The van der Waals surface area contributed by atoms with Crippen molar-refractivity contribution in [2.75, 3.05) is 0 Å². The molecule has 0 amide bonds. The Morgan fingerprint density at radius 1 is 0.889 bits per heavy atom. The van der Waals surface area contributed by atoms with Gasteiger partial charge >= 0.3 is 5.97 Å². The highest BCUT2D eigenvalue weighted by Crippen LogP contribution is 2.76. The van der Waals surface area contributed by atoms with Gasteiger partial charge in [-0.15, -0.1) is 0 Å². The van der Waals surface area contributed by atoms with Crippen molar-refractivity contribution >= 4 is 5.97 Å². The van der Waals surface area contributed by atoms with Crippen LogP contribution in [0.4, 0.5) is 0 Å². The Bertz CT molecular complexity index is 986. The van der Waals surface area contributed by atoms with Crippen molar-refractivity contribution < 1.29 is 30.3 Å². The van der Waals surface area contributed by atoms with Crippen molar-refractivity contribution in [3.63, 3.8) is 0 Å². The predicted octanol–water partition coefficient (Wildman–Crippen LogP) is 4.15. The van der Waals surface area contributed by atoms with E-state index in [-0.39, 0.29) is 28.6 Å². The van der Waals surface area contributed by atoms with Crippen LogP contribution >= 0.6 is 0 Å². The SMILES string of the molecule is C[C@@H]1CC[C@]2(C(=O)O)CC[C@]3(C)C(=CCC4[C@]5(C)C(CC[C@]43C)C(C)(C)[C@H](O)[C@H](O)[C@H]5O)C2[C@]1(C)O. The summed E-state index contributed by atoms with van der Waals surface area (Å²) in [6.45, 7) is 14.7. The van der Waals surface area contributed by atoms with Gasteiger partial charge in [0.05, 0.1) is 23.2 Å². The topological polar surface area (TPSA) is 118 Å². The van der Waals surface area contributed by atoms with Crippen LogP contribution in [-0.4, -0.2) is 55.4 Å². The van der Waals surface area contributed by atoms with Gasteiger partial charge in [0.2, 0.25) is 0 Å². The average Bonchev–Trinajstić information content (AvgIpc) is 2.79. The summed E-state index contributed by atoms with van der Waals surface area (Å²) in [6, 6.07) is 0. The second-order valence-electron chi connectivity index (χ2n) is 14.9. The van der Waals surface area contributed by atoms with E-state index in [0.29, 0.717) is 25.7 Å². The van der Waals surface area contributed by atoms with Gasteiger partial charge in [-0.2, -0.15) is 0 Å². The van der Waals surface area contributed by atoms with Crippen LogP contribution in [0.1, 0.15) is 93.4 Å². The molecule has 0 spiro atoms. The molecule has 5 aliphatic rings. The molecule has 0 radical (unpaired) electrons. The lowest BCUT2D eigenvalue weighted by Crippen LogP contribution is -2.72. The molecule has 4 saturated carbocycles. The largest absolute Gasteiger partial charge is 0.481 e. The fourth-order valence-corrected chi connectivity index (χ4v) is 10.9. The minimum Gasteiger partial charge on any atom is -0.481 e. The molecule has 0 saturated heterocycles. The Kier molecular flexibility index (Phi) is 5.61. The molecular weight excluding hydrogens is 456 g/mol. The molecule has 36 heavy (non-hydrogen) atoms. The molecule has 5 aliphatic carbocycles. The summed E-state index contributed by atoms with van der Waals surface area (Å²) in [5, 5.41) is 55.9. The predicted molar refractivity (Wildman–Crippen MR) is 137 cm³/mol. The Balaban J connectivity index is 1.67. The summed E-state index contributed by atoms with van der Waals surface area (Å²) in [5.74, 6) is -1.10. The Labute approximate surface area is 216 Å². The lowest BCUT2D eigenvalue weighted by molar-refractivity contribution is -0.279. The van der Waals surface area contributed by atoms with Crippen molar-refractivity contribution in [1.29, 1.82) is 0 Å². The van der Waals surface area contributed by atoms with Crippen molar-refractivity contribution in [1.82, 2.24) is 0 Å². The summed E-state index contributed by atoms with van der Waals surface area (Å²) in [6.07, 6.45) is 4.02. The number of aliphatic carboxylic acids is 1. The third-order valence-corrected chi connectivity index (χ3v) is 13.6. The van der Waals surface area contributed by atoms with Gasteiger partial charge in [-0.25, -0.2) is 0 Å². The summed E-state index contributed by atoms with van der Waals surface area (Å²) in [5.41, 5.74) is -2.63. The molecule has 0 aromatic rings. The van der Waals surface area contributed by atoms with Gasteiger partial charge in [0.25, 0.3) is 0 Å². The maximum absolute atomic E-state index is 12.8. The van der Waals surface area contributed by atoms with Gasteiger partial charge < -0.3 is 25.5 Å². The highest BCUT2D eigenvalue weighted by molar-refractivity contribution is 5.77. The molecule has 6 heteroatoms. The van der Waals surface area contributed by atoms with E-state index in [1.54, 1.807) is 0 Å². The molecule has 0 aromatic heterocycles. The minimum absolute atomic E-state index is 0.00890. The second-order valence-corrected chi connectivity index (χ2v) is 14.9. The maximum Gasteiger partial charge on any atom is 0.310 e. The van der Waals surface area contributed by atoms with E-state index in [0.717, 1.165) is 24.8 Å². The highest BCUT2D eigenvalue weighted by Gasteiger charge is 2.73. The lowest BCUT2D eigenvalue weighted by atomic mass is 9.32. The van der Waals surface area contributed by atoms with E-state index in [9.17, 15) is 30.3 Å². The normalized spacial score (nSPS) is 58.0. The number of carbonyl (C=O) groups is 1. The molecule has 5 rings (SSSR count). The van der Waals surface area contributed by atoms with Crippen molar-refractivity contribution in [3.05, 3.63) is 11.6 Å². The van der Waals surface area contributed by atoms with E-state index in [2.05, 4.69) is 26.8 Å². The monoisotopic (exact) mass is 504 g/mol. The number of hydrogen-bond donors (Lipinski definition) is 5. The van der Waals surface area contributed by atoms with Crippen LogP contribution in [0.2, 0.25) is 0 Å². The van der Waals surface area contributed by atoms with Gasteiger partial charge in [-0.05, 0) is 85.9 Å². The van der Waals surface area contributed by atoms with Gasteiger partial charge in [-0.1, -0.05) is 53.2 Å². The standard InChI is InChI=1S/C30H48O6/c1-16-10-13-30(24(34)35)15-14-26(4)17(21(30)29(16,7)36)8-9-19-27(26,5)12-11-18-25(2,3)22(32)20(31)23(33)28(18,19)6/h8,16,18-23,31-33,36H,9-15H2,1-7H3,(H,34,35)/t16-,18?,19?,20+,21?,22-,23-,26-,27-,28+,29-,30+/m1/s1. The molecule has 5 N–H and O–H groups in total. The van der Waals surface area contributed by atoms with Crippen LogP contribution in [-0.2, 0) is 4.79 Å². The van der Waals surface area contributed by atoms with E-state index in [1.807, 2.05) is 27.7 Å². The fraction of sp³-hybridized carbons (Fsp3) is 0.900. The van der Waals surface area contributed by atoms with E-state index >= 15 is 0 Å². The van der Waals surface area contributed by atoms with Gasteiger partial charge in [0.1, 0.15) is 6.10 Å². The number of rotatable bonds is 1. The number of aliphatic hydroxyl groups excluding tert-OH is 3. The van der Waals surface area contributed by atoms with E-state index < -0.39 is 52.0 Å². The molecule has 12 atom stereocenters. The van der Waals surface area contributed by atoms with Gasteiger partial charge in [0, 0.05) is 11.3 Å². The molecule has 204 valence electrons. The van der Waals surface area contributed by atoms with Crippen LogP contribution in [0.5, 0.6) is 0 Å². The Morgan fingerprint density at radius 3 is 2.14 bits per heavy atom. The Morgan fingerprint density at radius 2 is 1.53 bits per heavy atom. The first-order valence-electron chi connectivity index (χ1n) is 14.1. The number of fused-ring (bicyclic) bond motifs is 7. The molecule has 3 unspecified atom stereocenters. The molecule has 0 aliphatic heterocycles. The first kappa shape index (κ1) is 26.6. The second kappa shape index (κ2) is 7.58. The summed E-state index contributed by atoms with van der Waals surface area (Å²) in [4.78, 5) is 12.8. The van der Waals surface area contributed by atoms with Crippen LogP contribution in [0.25, 0.3) is 0 Å². The first-order chi connectivity index (χ1) is 16.4. The summed E-state index contributed by atoms with van der Waals surface area (Å²) < 4.78 is 0. The first-order valence-corrected chi connectivity index (χ1v) is 14.1. The summed E-state index contributed by atoms with van der Waals surface area (Å²) in [7, 11) is 0. The zero-order chi connectivity index (χ0) is 26.9. The fourth-order valence-electron chi connectivity index (χ4n) is 10.9. The quantitative estimate of drug-likeness (QED) is 0.343. The van der Waals surface area contributed by atoms with Crippen molar-refractivity contribution in [3.8, 4) is 0 Å². The molecule has 4 fully saturated rings. The lowest BCUT2D eigenvalue weighted by Gasteiger charge is -2.72. The number of carboxylic acids is 1.